The maximum Gasteiger partial charge on any atom is 0.319 e. The van der Waals surface area contributed by atoms with Gasteiger partial charge in [0.1, 0.15) is 0 Å². The predicted octanol–water partition coefficient (Wildman–Crippen LogP) is -0.0230. The molecular formula is C9H16N2O4. The zero-order valence-electron chi connectivity index (χ0n) is 8.99. The molecule has 0 amide bonds. The Morgan fingerprint density at radius 1 is 1.27 bits per heavy atom. The topological polar surface area (TPSA) is 83.0 Å². The van der Waals surface area contributed by atoms with Gasteiger partial charge in [-0.2, -0.15) is 0 Å². The molecule has 0 rings (SSSR count). The summed E-state index contributed by atoms with van der Waals surface area (Å²) in [7, 11) is 2.65. The second-order valence-electron chi connectivity index (χ2n) is 2.34. The van der Waals surface area contributed by atoms with E-state index in [9.17, 15) is 9.59 Å². The molecule has 0 bridgehead atoms. The van der Waals surface area contributed by atoms with Crippen molar-refractivity contribution in [3.05, 3.63) is 11.4 Å². The van der Waals surface area contributed by atoms with Crippen molar-refractivity contribution in [3.8, 4) is 0 Å². The Balaban J connectivity index is 0. The quantitative estimate of drug-likeness (QED) is 0.405. The van der Waals surface area contributed by atoms with Gasteiger partial charge in [0.15, 0.2) is 0 Å². The summed E-state index contributed by atoms with van der Waals surface area (Å²) in [5, 5.41) is 0. The Hall–Kier alpha value is -1.61. The average molecular weight is 216 g/mol. The summed E-state index contributed by atoms with van der Waals surface area (Å²) in [5.41, 5.74) is 4.81. The smallest absolute Gasteiger partial charge is 0.319 e. The van der Waals surface area contributed by atoms with Crippen LogP contribution in [0.2, 0.25) is 0 Å². The van der Waals surface area contributed by atoms with Crippen molar-refractivity contribution in [1.82, 2.24) is 0 Å². The van der Waals surface area contributed by atoms with Crippen molar-refractivity contribution >= 4 is 11.9 Å². The van der Waals surface area contributed by atoms with Crippen LogP contribution in [-0.2, 0) is 19.1 Å². The van der Waals surface area contributed by atoms with Crippen LogP contribution in [0.4, 0.5) is 0 Å². The van der Waals surface area contributed by atoms with E-state index < -0.39 is 0 Å². The summed E-state index contributed by atoms with van der Waals surface area (Å²) >= 11 is 0. The fourth-order valence-corrected chi connectivity index (χ4v) is 0.488. The van der Waals surface area contributed by atoms with Crippen LogP contribution in [-0.4, -0.2) is 39.2 Å². The molecule has 15 heavy (non-hydrogen) atoms. The van der Waals surface area contributed by atoms with Gasteiger partial charge in [0.25, 0.3) is 0 Å². The molecule has 0 aliphatic heterocycles. The first-order valence-corrected chi connectivity index (χ1v) is 4.29. The highest BCUT2D eigenvalue weighted by Gasteiger charge is 1.98. The minimum Gasteiger partial charge on any atom is -0.469 e. The summed E-state index contributed by atoms with van der Waals surface area (Å²) in [6.45, 7) is 6.76. The molecule has 0 saturated heterocycles. The molecule has 0 aliphatic carbocycles. The molecule has 0 spiro atoms. The molecule has 0 aromatic carbocycles. The first-order chi connectivity index (χ1) is 7.12. The van der Waals surface area contributed by atoms with Gasteiger partial charge >= 0.3 is 11.9 Å². The fourth-order valence-electron chi connectivity index (χ4n) is 0.488. The van der Waals surface area contributed by atoms with Gasteiger partial charge in [-0.1, -0.05) is 0 Å². The molecule has 0 heterocycles. The van der Waals surface area contributed by atoms with Crippen molar-refractivity contribution in [2.45, 2.75) is 12.8 Å². The van der Waals surface area contributed by atoms with Gasteiger partial charge in [-0.25, -0.2) is 6.57 Å². The van der Waals surface area contributed by atoms with Crippen molar-refractivity contribution in [3.63, 3.8) is 0 Å². The minimum atomic E-state index is -0.380. The SMILES string of the molecule is COC(=O)CN.[C-]#[N+]CCCC(=O)OC. The lowest BCUT2D eigenvalue weighted by Crippen LogP contribution is -2.14. The maximum atomic E-state index is 10.4. The number of methoxy groups -OCH3 is 2. The fraction of sp³-hybridized carbons (Fsp3) is 0.667. The Labute approximate surface area is 89.2 Å². The van der Waals surface area contributed by atoms with Gasteiger partial charge < -0.3 is 20.1 Å². The van der Waals surface area contributed by atoms with Crippen LogP contribution in [0, 0.1) is 6.57 Å². The van der Waals surface area contributed by atoms with E-state index in [1.807, 2.05) is 0 Å². The van der Waals surface area contributed by atoms with E-state index in [1.165, 1.54) is 14.2 Å². The Bertz CT molecular complexity index is 217. The number of ether oxygens (including phenoxy) is 2. The van der Waals surface area contributed by atoms with Gasteiger partial charge in [-0.15, -0.1) is 0 Å². The summed E-state index contributed by atoms with van der Waals surface area (Å²) in [5.74, 6) is -0.617. The van der Waals surface area contributed by atoms with Crippen molar-refractivity contribution in [2.24, 2.45) is 5.73 Å². The normalized spacial score (nSPS) is 7.87. The zero-order valence-corrected chi connectivity index (χ0v) is 8.99. The third-order valence-corrected chi connectivity index (χ3v) is 1.27. The van der Waals surface area contributed by atoms with Crippen LogP contribution in [0.1, 0.15) is 12.8 Å². The third kappa shape index (κ3) is 15.2. The molecule has 2 N–H and O–H groups in total. The highest BCUT2D eigenvalue weighted by molar-refractivity contribution is 5.71. The Morgan fingerprint density at radius 3 is 2.07 bits per heavy atom. The maximum absolute atomic E-state index is 10.4. The second-order valence-corrected chi connectivity index (χ2v) is 2.34. The van der Waals surface area contributed by atoms with Crippen LogP contribution in [0.25, 0.3) is 4.85 Å². The standard InChI is InChI=1S/C6H9NO2.C3H7NO2/c1-7-5-3-4-6(8)9-2;1-6-3(5)2-4/h3-5H2,2H3;2,4H2,1H3. The highest BCUT2D eigenvalue weighted by Crippen LogP contribution is 1.90. The summed E-state index contributed by atoms with van der Waals surface area (Å²) in [6.07, 6.45) is 0.967. The lowest BCUT2D eigenvalue weighted by Gasteiger charge is -1.91. The largest absolute Gasteiger partial charge is 0.469 e. The van der Waals surface area contributed by atoms with E-state index in [4.69, 9.17) is 12.3 Å². The molecule has 0 aromatic heterocycles. The zero-order chi connectivity index (χ0) is 12.1. The summed E-state index contributed by atoms with van der Waals surface area (Å²) in [6, 6.07) is 0. The van der Waals surface area contributed by atoms with Crippen molar-refractivity contribution in [1.29, 1.82) is 0 Å². The van der Waals surface area contributed by atoms with Gasteiger partial charge in [0, 0.05) is 6.42 Å². The Morgan fingerprint density at radius 2 is 1.80 bits per heavy atom. The Kier molecular flexibility index (Phi) is 13.1. The number of carbonyl (C=O) groups is 2. The third-order valence-electron chi connectivity index (χ3n) is 1.27. The van der Waals surface area contributed by atoms with Gasteiger partial charge in [-0.3, -0.25) is 9.59 Å². The predicted molar refractivity (Wildman–Crippen MR) is 53.8 cm³/mol. The van der Waals surface area contributed by atoms with Crippen molar-refractivity contribution in [2.75, 3.05) is 27.3 Å². The van der Waals surface area contributed by atoms with Crippen LogP contribution < -0.4 is 5.73 Å². The summed E-state index contributed by atoms with van der Waals surface area (Å²) < 4.78 is 8.49. The van der Waals surface area contributed by atoms with Gasteiger partial charge in [0.2, 0.25) is 6.54 Å². The molecule has 0 aromatic rings. The molecule has 6 nitrogen and oxygen atoms in total. The number of hydrogen-bond donors (Lipinski definition) is 1. The summed E-state index contributed by atoms with van der Waals surface area (Å²) in [4.78, 5) is 23.3. The number of rotatable bonds is 4. The number of esters is 2. The van der Waals surface area contributed by atoms with E-state index in [2.05, 4.69) is 14.3 Å². The van der Waals surface area contributed by atoms with Crippen LogP contribution in [0.3, 0.4) is 0 Å². The van der Waals surface area contributed by atoms with E-state index >= 15 is 0 Å². The van der Waals surface area contributed by atoms with E-state index in [0.29, 0.717) is 19.4 Å². The molecular weight excluding hydrogens is 200 g/mol. The molecule has 6 heteroatoms. The number of nitrogens with two attached hydrogens (primary N) is 1. The monoisotopic (exact) mass is 216 g/mol. The van der Waals surface area contributed by atoms with Gasteiger partial charge in [-0.05, 0) is 0 Å². The molecule has 0 unspecified atom stereocenters. The number of nitrogens with zero attached hydrogens (tertiary/aromatic N) is 1. The number of carbonyl (C=O) groups excluding carboxylic acids is 2. The molecule has 0 aliphatic rings. The first-order valence-electron chi connectivity index (χ1n) is 4.29. The highest BCUT2D eigenvalue weighted by atomic mass is 16.5. The molecule has 86 valence electrons. The van der Waals surface area contributed by atoms with Gasteiger partial charge in [0.05, 0.1) is 27.2 Å². The molecule has 0 radical (unpaired) electrons. The van der Waals surface area contributed by atoms with Crippen molar-refractivity contribution < 1.29 is 19.1 Å². The molecule has 0 saturated carbocycles. The van der Waals surface area contributed by atoms with Crippen LogP contribution in [0.5, 0.6) is 0 Å². The molecule has 0 fully saturated rings. The first kappa shape index (κ1) is 15.8. The van der Waals surface area contributed by atoms with E-state index in [0.717, 1.165) is 0 Å². The van der Waals surface area contributed by atoms with Crippen LogP contribution >= 0.6 is 0 Å². The van der Waals surface area contributed by atoms with E-state index in [1.54, 1.807) is 0 Å². The van der Waals surface area contributed by atoms with E-state index in [-0.39, 0.29) is 18.5 Å². The van der Waals surface area contributed by atoms with Crippen LogP contribution in [0.15, 0.2) is 0 Å². The molecule has 0 atom stereocenters. The lowest BCUT2D eigenvalue weighted by atomic mass is 10.3. The lowest BCUT2D eigenvalue weighted by molar-refractivity contribution is -0.141. The number of hydrogen-bond acceptors (Lipinski definition) is 5. The minimum absolute atomic E-state index is 0.0312. The average Bonchev–Trinajstić information content (AvgIpc) is 2.28. The second kappa shape index (κ2) is 12.4.